The van der Waals surface area contributed by atoms with Crippen LogP contribution in [0.1, 0.15) is 0 Å². The first-order valence-electron chi connectivity index (χ1n) is 5.10. The summed E-state index contributed by atoms with van der Waals surface area (Å²) in [5.74, 6) is -0.802. The summed E-state index contributed by atoms with van der Waals surface area (Å²) < 4.78 is 0. The Hall–Kier alpha value is 0.0700. The minimum atomic E-state index is -0.479. The molecule has 0 saturated carbocycles. The highest BCUT2D eigenvalue weighted by Crippen LogP contribution is 2.54. The smallest absolute Gasteiger partial charge is 0.155 e. The van der Waals surface area contributed by atoms with Crippen LogP contribution in [0.5, 0.6) is 11.5 Å². The predicted molar refractivity (Wildman–Crippen MR) is 90.3 cm³/mol. The zero-order valence-electron chi connectivity index (χ0n) is 9.62. The van der Waals surface area contributed by atoms with Crippen LogP contribution in [0.4, 0.5) is 0 Å². The zero-order chi connectivity index (χ0) is 16.1. The number of aromatic hydroxyl groups is 2. The first-order valence-corrected chi connectivity index (χ1v) is 7.74. The summed E-state index contributed by atoms with van der Waals surface area (Å²) in [5.41, 5.74) is 0.0390. The Morgan fingerprint density at radius 1 is 0.571 bits per heavy atom. The highest BCUT2D eigenvalue weighted by Gasteiger charge is 2.26. The number of phenolic OH excluding ortho intramolecular Hbond substituents is 2. The van der Waals surface area contributed by atoms with E-state index < -0.39 is 5.75 Å². The van der Waals surface area contributed by atoms with Crippen molar-refractivity contribution in [2.45, 2.75) is 0 Å². The van der Waals surface area contributed by atoms with Crippen molar-refractivity contribution in [2.75, 3.05) is 0 Å². The van der Waals surface area contributed by atoms with Gasteiger partial charge in [-0.25, -0.2) is 0 Å². The monoisotopic (exact) mass is 424 g/mol. The summed E-state index contributed by atoms with van der Waals surface area (Å²) >= 11 is 41.7. The maximum Gasteiger partial charge on any atom is 0.155 e. The summed E-state index contributed by atoms with van der Waals surface area (Å²) in [4.78, 5) is 0. The molecule has 0 atom stereocenters. The topological polar surface area (TPSA) is 40.5 Å². The van der Waals surface area contributed by atoms with Gasteiger partial charge in [-0.1, -0.05) is 81.2 Å². The molecule has 0 aliphatic carbocycles. The standard InChI is InChI=1S/C12H3Cl7O2/c13-2-1-3(20)4(7(15)6(2)14)5-8(16)10(18)12(21)11(19)9(5)17/h1,20-21H. The minimum Gasteiger partial charge on any atom is -0.507 e. The highest BCUT2D eigenvalue weighted by atomic mass is 35.5. The van der Waals surface area contributed by atoms with Gasteiger partial charge in [0.25, 0.3) is 0 Å². The molecule has 0 aliphatic rings. The molecular weight excluding hydrogens is 424 g/mol. The van der Waals surface area contributed by atoms with E-state index in [2.05, 4.69) is 0 Å². The van der Waals surface area contributed by atoms with Crippen molar-refractivity contribution in [2.24, 2.45) is 0 Å². The fraction of sp³-hybridized carbons (Fsp3) is 0. The van der Waals surface area contributed by atoms with E-state index in [0.717, 1.165) is 0 Å². The van der Waals surface area contributed by atoms with Crippen molar-refractivity contribution >= 4 is 81.2 Å². The van der Waals surface area contributed by atoms with Crippen LogP contribution < -0.4 is 0 Å². The first-order chi connectivity index (χ1) is 9.68. The molecule has 2 nitrogen and oxygen atoms in total. The SMILES string of the molecule is Oc1cc(Cl)c(Cl)c(Cl)c1-c1c(Cl)c(Cl)c(O)c(Cl)c1Cl. The summed E-state index contributed by atoms with van der Waals surface area (Å²) in [6.07, 6.45) is 0. The average Bonchev–Trinajstić information content (AvgIpc) is 2.44. The van der Waals surface area contributed by atoms with E-state index in [1.54, 1.807) is 0 Å². The van der Waals surface area contributed by atoms with Gasteiger partial charge in [-0.15, -0.1) is 0 Å². The van der Waals surface area contributed by atoms with Crippen molar-refractivity contribution in [1.29, 1.82) is 0 Å². The van der Waals surface area contributed by atoms with Crippen LogP contribution >= 0.6 is 81.2 Å². The molecule has 0 heterocycles. The third kappa shape index (κ3) is 2.84. The number of hydrogen-bond acceptors (Lipinski definition) is 2. The molecular formula is C12H3Cl7O2. The molecule has 21 heavy (non-hydrogen) atoms. The maximum atomic E-state index is 10.1. The molecule has 2 aromatic carbocycles. The molecule has 2 aromatic rings. The van der Waals surface area contributed by atoms with Gasteiger partial charge in [0, 0.05) is 17.2 Å². The number of hydrogen-bond donors (Lipinski definition) is 2. The van der Waals surface area contributed by atoms with Crippen molar-refractivity contribution in [3.63, 3.8) is 0 Å². The number of benzene rings is 2. The van der Waals surface area contributed by atoms with Crippen LogP contribution in [0.3, 0.4) is 0 Å². The molecule has 0 aromatic heterocycles. The van der Waals surface area contributed by atoms with Crippen LogP contribution in [-0.2, 0) is 0 Å². The lowest BCUT2D eigenvalue weighted by molar-refractivity contribution is 0.474. The highest BCUT2D eigenvalue weighted by molar-refractivity contribution is 6.53. The molecule has 2 rings (SSSR count). The van der Waals surface area contributed by atoms with E-state index in [-0.39, 0.29) is 52.0 Å². The second-order valence-corrected chi connectivity index (χ2v) is 6.54. The number of rotatable bonds is 1. The minimum absolute atomic E-state index is 0.00131. The van der Waals surface area contributed by atoms with Crippen LogP contribution in [0, 0.1) is 0 Å². The van der Waals surface area contributed by atoms with E-state index in [0.29, 0.717) is 0 Å². The van der Waals surface area contributed by atoms with Gasteiger partial charge in [-0.3, -0.25) is 0 Å². The van der Waals surface area contributed by atoms with Gasteiger partial charge in [0.1, 0.15) is 15.8 Å². The lowest BCUT2D eigenvalue weighted by atomic mass is 10.0. The second kappa shape index (κ2) is 6.29. The predicted octanol–water partition coefficient (Wildman–Crippen LogP) is 7.34. The zero-order valence-corrected chi connectivity index (χ0v) is 14.9. The van der Waals surface area contributed by atoms with Gasteiger partial charge in [0.05, 0.1) is 25.1 Å². The van der Waals surface area contributed by atoms with Crippen LogP contribution in [0.15, 0.2) is 6.07 Å². The van der Waals surface area contributed by atoms with E-state index in [9.17, 15) is 10.2 Å². The number of halogens is 7. The molecule has 2 N–H and O–H groups in total. The molecule has 0 saturated heterocycles. The Bertz CT molecular complexity index is 729. The van der Waals surface area contributed by atoms with Gasteiger partial charge >= 0.3 is 0 Å². The largest absolute Gasteiger partial charge is 0.507 e. The molecule has 0 amide bonds. The molecule has 0 fully saturated rings. The Kier molecular flexibility index (Phi) is 5.22. The lowest BCUT2D eigenvalue weighted by Crippen LogP contribution is -1.89. The average molecular weight is 427 g/mol. The fourth-order valence-corrected chi connectivity index (χ4v) is 3.38. The Labute approximate surface area is 154 Å². The molecule has 0 aliphatic heterocycles. The second-order valence-electron chi connectivity index (χ2n) is 3.86. The van der Waals surface area contributed by atoms with Crippen LogP contribution in [0.2, 0.25) is 35.2 Å². The van der Waals surface area contributed by atoms with E-state index in [1.165, 1.54) is 6.07 Å². The van der Waals surface area contributed by atoms with Gasteiger partial charge in [0.2, 0.25) is 0 Å². The molecule has 112 valence electrons. The third-order valence-corrected chi connectivity index (χ3v) is 5.58. The Morgan fingerprint density at radius 2 is 1.00 bits per heavy atom. The summed E-state index contributed by atoms with van der Waals surface area (Å²) in [6, 6.07) is 1.17. The van der Waals surface area contributed by atoms with E-state index in [4.69, 9.17) is 81.2 Å². The van der Waals surface area contributed by atoms with Gasteiger partial charge in [-0.2, -0.15) is 0 Å². The molecule has 0 spiro atoms. The summed E-state index contributed by atoms with van der Waals surface area (Å²) in [5, 5.41) is 19.0. The van der Waals surface area contributed by atoms with Crippen molar-refractivity contribution in [3.8, 4) is 22.6 Å². The van der Waals surface area contributed by atoms with Crippen LogP contribution in [-0.4, -0.2) is 10.2 Å². The van der Waals surface area contributed by atoms with E-state index >= 15 is 0 Å². The molecule has 9 heteroatoms. The van der Waals surface area contributed by atoms with Gasteiger partial charge < -0.3 is 10.2 Å². The van der Waals surface area contributed by atoms with Crippen molar-refractivity contribution in [3.05, 3.63) is 41.2 Å². The van der Waals surface area contributed by atoms with E-state index in [1.807, 2.05) is 0 Å². The Morgan fingerprint density at radius 3 is 1.48 bits per heavy atom. The number of phenols is 2. The normalized spacial score (nSPS) is 11.0. The van der Waals surface area contributed by atoms with Crippen molar-refractivity contribution < 1.29 is 10.2 Å². The fourth-order valence-electron chi connectivity index (χ4n) is 1.66. The molecule has 0 radical (unpaired) electrons. The molecule has 0 bridgehead atoms. The van der Waals surface area contributed by atoms with Crippen LogP contribution in [0.25, 0.3) is 11.1 Å². The van der Waals surface area contributed by atoms with Crippen molar-refractivity contribution in [1.82, 2.24) is 0 Å². The lowest BCUT2D eigenvalue weighted by Gasteiger charge is -2.16. The first kappa shape index (κ1) is 17.4. The van der Waals surface area contributed by atoms with Gasteiger partial charge in [0.15, 0.2) is 5.75 Å². The molecule has 0 unspecified atom stereocenters. The maximum absolute atomic E-state index is 10.1. The third-order valence-electron chi connectivity index (χ3n) is 2.63. The summed E-state index contributed by atoms with van der Waals surface area (Å²) in [6.45, 7) is 0. The quantitative estimate of drug-likeness (QED) is 0.369. The summed E-state index contributed by atoms with van der Waals surface area (Å²) in [7, 11) is 0. The Balaban J connectivity index is 2.96. The van der Waals surface area contributed by atoms with Gasteiger partial charge in [-0.05, 0) is 0 Å².